The molecule has 6 heteroatoms. The van der Waals surface area contributed by atoms with Gasteiger partial charge in [0.05, 0.1) is 0 Å². The molecule has 0 radical (unpaired) electrons. The first kappa shape index (κ1) is 30.9. The van der Waals surface area contributed by atoms with Crippen LogP contribution in [0.4, 0.5) is 0 Å². The molecule has 0 aliphatic carbocycles. The van der Waals surface area contributed by atoms with Gasteiger partial charge in [0.15, 0.2) is 4.93 Å². The minimum atomic E-state index is -4.56. The molecule has 0 heterocycles. The Morgan fingerprint density at radius 3 is 1.81 bits per heavy atom. The van der Waals surface area contributed by atoms with E-state index < -0.39 is 15.1 Å². The molecule has 0 aliphatic rings. The van der Waals surface area contributed by atoms with Gasteiger partial charge in [0, 0.05) is 0 Å². The second-order valence-electron chi connectivity index (χ2n) is 8.93. The molecule has 0 fully saturated rings. The minimum absolute atomic E-state index is 0. The molecule has 174 valence electrons. The van der Waals surface area contributed by atoms with Crippen molar-refractivity contribution in [3.05, 3.63) is 29.3 Å². The Hall–Kier alpha value is -0.0700. The SMILES string of the molecule is CCCCCCCCc1ccc(OC(C)(C)S(=O)(=O)[O-])c(CCCCCCCC)c1.[Na+]. The Morgan fingerprint density at radius 2 is 1.29 bits per heavy atom. The summed E-state index contributed by atoms with van der Waals surface area (Å²) >= 11 is 0. The number of unbranched alkanes of at least 4 members (excludes halogenated alkanes) is 10. The van der Waals surface area contributed by atoms with E-state index in [4.69, 9.17) is 4.74 Å². The minimum Gasteiger partial charge on any atom is -0.745 e. The maximum atomic E-state index is 11.6. The fourth-order valence-corrected chi connectivity index (χ4v) is 3.80. The van der Waals surface area contributed by atoms with E-state index in [-0.39, 0.29) is 29.6 Å². The molecule has 0 spiro atoms. The molecule has 0 unspecified atom stereocenters. The van der Waals surface area contributed by atoms with Crippen molar-refractivity contribution in [3.63, 3.8) is 0 Å². The zero-order valence-electron chi connectivity index (χ0n) is 20.7. The van der Waals surface area contributed by atoms with Gasteiger partial charge in [-0.2, -0.15) is 0 Å². The standard InChI is InChI=1S/C25H44O4S.Na/c1-5-7-9-11-13-15-17-22-19-20-24(29-25(3,4)30(26,27)28)23(21-22)18-16-14-12-10-8-6-2;/h19-21H,5-18H2,1-4H3,(H,26,27,28);/q;+1/p-1. The van der Waals surface area contributed by atoms with Crippen molar-refractivity contribution in [1.82, 2.24) is 0 Å². The average Bonchev–Trinajstić information content (AvgIpc) is 2.68. The van der Waals surface area contributed by atoms with Crippen LogP contribution in [0.3, 0.4) is 0 Å². The third-order valence-electron chi connectivity index (χ3n) is 5.70. The fraction of sp³-hybridized carbons (Fsp3) is 0.760. The van der Waals surface area contributed by atoms with Crippen molar-refractivity contribution < 1.29 is 47.3 Å². The van der Waals surface area contributed by atoms with Gasteiger partial charge in [-0.15, -0.1) is 0 Å². The molecular formula is C25H43NaO4S. The van der Waals surface area contributed by atoms with Gasteiger partial charge in [-0.3, -0.25) is 0 Å². The maximum absolute atomic E-state index is 11.6. The predicted octanol–water partition coefficient (Wildman–Crippen LogP) is 4.16. The van der Waals surface area contributed by atoms with Crippen LogP contribution in [0.25, 0.3) is 0 Å². The maximum Gasteiger partial charge on any atom is 1.00 e. The van der Waals surface area contributed by atoms with E-state index in [0.29, 0.717) is 5.75 Å². The molecule has 1 rings (SSSR count). The van der Waals surface area contributed by atoms with Crippen molar-refractivity contribution in [2.45, 2.75) is 123 Å². The molecule has 31 heavy (non-hydrogen) atoms. The van der Waals surface area contributed by atoms with Crippen molar-refractivity contribution in [2.75, 3.05) is 0 Å². The summed E-state index contributed by atoms with van der Waals surface area (Å²) < 4.78 is 40.4. The summed E-state index contributed by atoms with van der Waals surface area (Å²) in [5, 5.41) is 0. The number of benzene rings is 1. The molecular weight excluding hydrogens is 419 g/mol. The second kappa shape index (κ2) is 16.5. The third-order valence-corrected chi connectivity index (χ3v) is 6.99. The zero-order chi connectivity index (χ0) is 22.5. The van der Waals surface area contributed by atoms with Crippen LogP contribution in [0.5, 0.6) is 5.75 Å². The molecule has 0 aromatic heterocycles. The van der Waals surface area contributed by atoms with Crippen molar-refractivity contribution in [1.29, 1.82) is 0 Å². The van der Waals surface area contributed by atoms with Crippen molar-refractivity contribution in [3.8, 4) is 5.75 Å². The molecule has 1 aromatic carbocycles. The first-order valence-corrected chi connectivity index (χ1v) is 13.4. The summed E-state index contributed by atoms with van der Waals surface area (Å²) in [5.74, 6) is 0.527. The van der Waals surface area contributed by atoms with Crippen LogP contribution in [0, 0.1) is 0 Å². The Morgan fingerprint density at radius 1 is 0.806 bits per heavy atom. The van der Waals surface area contributed by atoms with E-state index in [2.05, 4.69) is 19.9 Å². The average molecular weight is 463 g/mol. The first-order chi connectivity index (χ1) is 14.2. The smallest absolute Gasteiger partial charge is 0.745 e. The normalized spacial score (nSPS) is 11.9. The third kappa shape index (κ3) is 12.7. The number of rotatable bonds is 17. The number of aryl methyl sites for hydroxylation is 2. The number of ether oxygens (including phenoxy) is 1. The van der Waals surface area contributed by atoms with Crippen LogP contribution < -0.4 is 34.3 Å². The predicted molar refractivity (Wildman–Crippen MR) is 125 cm³/mol. The molecule has 0 bridgehead atoms. The number of hydrogen-bond acceptors (Lipinski definition) is 4. The zero-order valence-corrected chi connectivity index (χ0v) is 23.5. The van der Waals surface area contributed by atoms with Gasteiger partial charge in [0.2, 0.25) is 0 Å². The summed E-state index contributed by atoms with van der Waals surface area (Å²) in [4.78, 5) is -1.77. The van der Waals surface area contributed by atoms with Crippen LogP contribution in [0.1, 0.15) is 116 Å². The van der Waals surface area contributed by atoms with Crippen LogP contribution in [-0.2, 0) is 23.0 Å². The number of hydrogen-bond donors (Lipinski definition) is 0. The van der Waals surface area contributed by atoms with E-state index >= 15 is 0 Å². The molecule has 4 nitrogen and oxygen atoms in total. The molecule has 0 amide bonds. The topological polar surface area (TPSA) is 66.4 Å². The van der Waals surface area contributed by atoms with Crippen LogP contribution >= 0.6 is 0 Å². The molecule has 0 N–H and O–H groups in total. The van der Waals surface area contributed by atoms with Crippen LogP contribution in [0.15, 0.2) is 18.2 Å². The van der Waals surface area contributed by atoms with Gasteiger partial charge in [-0.25, -0.2) is 8.42 Å². The Balaban J connectivity index is 0.00000900. The first-order valence-electron chi connectivity index (χ1n) is 12.0. The Bertz CT molecular complexity index is 701. The summed E-state index contributed by atoms with van der Waals surface area (Å²) in [6.45, 7) is 7.10. The van der Waals surface area contributed by atoms with Gasteiger partial charge in [0.25, 0.3) is 0 Å². The fourth-order valence-electron chi connectivity index (χ4n) is 3.60. The van der Waals surface area contributed by atoms with E-state index in [9.17, 15) is 13.0 Å². The molecule has 1 aromatic rings. The van der Waals surface area contributed by atoms with Crippen molar-refractivity contribution >= 4 is 10.1 Å². The van der Waals surface area contributed by atoms with Gasteiger partial charge in [-0.1, -0.05) is 90.2 Å². The van der Waals surface area contributed by atoms with Crippen molar-refractivity contribution in [2.24, 2.45) is 0 Å². The Labute approximate surface area is 214 Å². The molecule has 0 saturated heterocycles. The van der Waals surface area contributed by atoms with Gasteiger partial charge in [0.1, 0.15) is 15.9 Å². The quantitative estimate of drug-likeness (QED) is 0.198. The van der Waals surface area contributed by atoms with Gasteiger partial charge in [-0.05, 0) is 56.7 Å². The van der Waals surface area contributed by atoms with Crippen LogP contribution in [-0.4, -0.2) is 17.9 Å². The van der Waals surface area contributed by atoms with E-state index in [1.54, 1.807) is 0 Å². The van der Waals surface area contributed by atoms with E-state index in [1.165, 1.54) is 83.6 Å². The summed E-state index contributed by atoms with van der Waals surface area (Å²) in [7, 11) is -4.56. The van der Waals surface area contributed by atoms with Crippen LogP contribution in [0.2, 0.25) is 0 Å². The largest absolute Gasteiger partial charge is 1.00 e. The van der Waals surface area contributed by atoms with Gasteiger partial charge >= 0.3 is 29.6 Å². The molecule has 0 aliphatic heterocycles. The molecule has 0 saturated carbocycles. The van der Waals surface area contributed by atoms with E-state index in [1.807, 2.05) is 12.1 Å². The van der Waals surface area contributed by atoms with Gasteiger partial charge < -0.3 is 9.29 Å². The summed E-state index contributed by atoms with van der Waals surface area (Å²) in [5.41, 5.74) is 2.28. The monoisotopic (exact) mass is 462 g/mol. The second-order valence-corrected chi connectivity index (χ2v) is 10.8. The summed E-state index contributed by atoms with van der Waals surface area (Å²) in [6, 6.07) is 6.02. The Kier molecular flexibility index (Phi) is 16.5. The molecule has 0 atom stereocenters. The summed E-state index contributed by atoms with van der Waals surface area (Å²) in [6.07, 6.45) is 16.7. The van der Waals surface area contributed by atoms with E-state index in [0.717, 1.165) is 31.2 Å².